The number of hydrogen-bond donors (Lipinski definition) is 2. The van der Waals surface area contributed by atoms with E-state index in [9.17, 15) is 19.2 Å². The molecule has 7 nitrogen and oxygen atoms in total. The monoisotopic (exact) mass is 337 g/mol. The highest BCUT2D eigenvalue weighted by Crippen LogP contribution is 2.29. The third-order valence-electron chi connectivity index (χ3n) is 4.66. The van der Waals surface area contributed by atoms with E-state index >= 15 is 0 Å². The molecule has 0 aromatic rings. The molecule has 1 heterocycles. The van der Waals surface area contributed by atoms with E-state index in [1.54, 1.807) is 11.8 Å². The Labute approximate surface area is 142 Å². The number of carbonyl (C=O) groups is 4. The van der Waals surface area contributed by atoms with Crippen LogP contribution in [0.4, 0.5) is 0 Å². The van der Waals surface area contributed by atoms with Crippen LogP contribution in [0.25, 0.3) is 0 Å². The van der Waals surface area contributed by atoms with E-state index in [-0.39, 0.29) is 30.3 Å². The summed E-state index contributed by atoms with van der Waals surface area (Å²) in [6, 6.07) is -0.421. The summed E-state index contributed by atoms with van der Waals surface area (Å²) >= 11 is 0. The minimum atomic E-state index is -0.645. The lowest BCUT2D eigenvalue weighted by molar-refractivity contribution is -0.141. The normalized spacial score (nSPS) is 23.0. The van der Waals surface area contributed by atoms with Gasteiger partial charge in [-0.1, -0.05) is 20.3 Å². The number of rotatable bonds is 8. The molecular weight excluding hydrogens is 310 g/mol. The largest absolute Gasteiger partial charge is 0.347 e. The molecule has 0 spiro atoms. The second-order valence-electron chi connectivity index (χ2n) is 6.61. The average molecular weight is 337 g/mol. The maximum atomic E-state index is 12.5. The molecule has 2 atom stereocenters. The van der Waals surface area contributed by atoms with Gasteiger partial charge in [-0.25, -0.2) is 0 Å². The fourth-order valence-corrected chi connectivity index (χ4v) is 3.21. The quantitative estimate of drug-likeness (QED) is 0.626. The van der Waals surface area contributed by atoms with Gasteiger partial charge in [0.1, 0.15) is 6.04 Å². The van der Waals surface area contributed by atoms with Crippen molar-refractivity contribution in [3.05, 3.63) is 0 Å². The van der Waals surface area contributed by atoms with Crippen LogP contribution in [0.3, 0.4) is 0 Å². The molecule has 2 fully saturated rings. The van der Waals surface area contributed by atoms with E-state index < -0.39 is 17.7 Å². The number of Topliss-reactive ketones (excluding diaryl/α,β-unsaturated/α-hetero) is 1. The fraction of sp³-hybridized carbons (Fsp3) is 0.765. The third-order valence-corrected chi connectivity index (χ3v) is 4.66. The molecule has 1 aliphatic heterocycles. The van der Waals surface area contributed by atoms with Gasteiger partial charge in [-0.3, -0.25) is 19.2 Å². The van der Waals surface area contributed by atoms with Gasteiger partial charge in [-0.2, -0.15) is 0 Å². The second-order valence-corrected chi connectivity index (χ2v) is 6.61. The van der Waals surface area contributed by atoms with Crippen LogP contribution in [-0.4, -0.2) is 53.6 Å². The fourth-order valence-electron chi connectivity index (χ4n) is 3.21. The van der Waals surface area contributed by atoms with E-state index in [4.69, 9.17) is 0 Å². The lowest BCUT2D eigenvalue weighted by Crippen LogP contribution is -2.50. The number of amides is 3. The summed E-state index contributed by atoms with van der Waals surface area (Å²) in [5.41, 5.74) is 0. The number of nitrogens with one attached hydrogen (secondary N) is 2. The molecule has 3 amide bonds. The summed E-state index contributed by atoms with van der Waals surface area (Å²) in [5.74, 6) is -1.56. The lowest BCUT2D eigenvalue weighted by Gasteiger charge is -2.27. The zero-order chi connectivity index (χ0) is 17.7. The predicted molar refractivity (Wildman–Crippen MR) is 88.0 cm³/mol. The Balaban J connectivity index is 1.92. The first kappa shape index (κ1) is 18.4. The maximum absolute atomic E-state index is 12.5. The number of ketones is 1. The van der Waals surface area contributed by atoms with E-state index in [0.29, 0.717) is 13.0 Å². The van der Waals surface area contributed by atoms with Gasteiger partial charge in [0.15, 0.2) is 0 Å². The second kappa shape index (κ2) is 8.26. The van der Waals surface area contributed by atoms with Crippen LogP contribution in [0.1, 0.15) is 52.4 Å². The highest BCUT2D eigenvalue weighted by atomic mass is 16.2. The maximum Gasteiger partial charge on any atom is 0.289 e. The Hall–Kier alpha value is -1.92. The Morgan fingerprint density at radius 1 is 1.08 bits per heavy atom. The van der Waals surface area contributed by atoms with E-state index in [1.165, 1.54) is 0 Å². The molecule has 0 radical (unpaired) electrons. The first-order valence-corrected chi connectivity index (χ1v) is 8.88. The number of hydrogen-bond acceptors (Lipinski definition) is 4. The van der Waals surface area contributed by atoms with Gasteiger partial charge in [-0.15, -0.1) is 0 Å². The molecule has 0 bridgehead atoms. The van der Waals surface area contributed by atoms with Crippen molar-refractivity contribution in [2.24, 2.45) is 5.92 Å². The Bertz CT molecular complexity index is 516. The number of likely N-dealkylation sites (tertiary alicyclic amines) is 1. The predicted octanol–water partition coefficient (Wildman–Crippen LogP) is 0.378. The smallest absolute Gasteiger partial charge is 0.289 e. The van der Waals surface area contributed by atoms with Crippen LogP contribution in [-0.2, 0) is 19.2 Å². The van der Waals surface area contributed by atoms with Crippen molar-refractivity contribution in [3.63, 3.8) is 0 Å². The molecule has 2 rings (SSSR count). The van der Waals surface area contributed by atoms with Crippen LogP contribution in [0.2, 0.25) is 0 Å². The Morgan fingerprint density at radius 3 is 2.38 bits per heavy atom. The number of carbonyl (C=O) groups excluding carboxylic acids is 4. The van der Waals surface area contributed by atoms with E-state index in [2.05, 4.69) is 10.6 Å². The molecule has 0 aromatic heterocycles. The van der Waals surface area contributed by atoms with E-state index in [0.717, 1.165) is 32.1 Å². The molecule has 1 saturated carbocycles. The van der Waals surface area contributed by atoms with Crippen molar-refractivity contribution in [3.8, 4) is 0 Å². The van der Waals surface area contributed by atoms with Crippen LogP contribution < -0.4 is 10.6 Å². The minimum Gasteiger partial charge on any atom is -0.347 e. The summed E-state index contributed by atoms with van der Waals surface area (Å²) in [6.45, 7) is 4.08. The van der Waals surface area contributed by atoms with Gasteiger partial charge >= 0.3 is 0 Å². The third kappa shape index (κ3) is 4.55. The molecule has 134 valence electrons. The van der Waals surface area contributed by atoms with Gasteiger partial charge in [0, 0.05) is 19.0 Å². The van der Waals surface area contributed by atoms with Crippen molar-refractivity contribution < 1.29 is 19.2 Å². The highest BCUT2D eigenvalue weighted by Gasteiger charge is 2.40. The first-order chi connectivity index (χ1) is 11.5. The zero-order valence-corrected chi connectivity index (χ0v) is 14.5. The molecule has 1 aliphatic carbocycles. The summed E-state index contributed by atoms with van der Waals surface area (Å²) in [5, 5.41) is 5.16. The summed E-state index contributed by atoms with van der Waals surface area (Å²) < 4.78 is 0. The molecule has 2 aliphatic rings. The molecule has 0 aromatic carbocycles. The summed E-state index contributed by atoms with van der Waals surface area (Å²) in [7, 11) is 0. The van der Waals surface area contributed by atoms with Crippen molar-refractivity contribution in [2.75, 3.05) is 13.1 Å². The topological polar surface area (TPSA) is 95.6 Å². The van der Waals surface area contributed by atoms with E-state index in [1.807, 2.05) is 6.92 Å². The average Bonchev–Trinajstić information content (AvgIpc) is 3.28. The van der Waals surface area contributed by atoms with Crippen LogP contribution in [0.15, 0.2) is 0 Å². The zero-order valence-electron chi connectivity index (χ0n) is 14.5. The highest BCUT2D eigenvalue weighted by molar-refractivity contribution is 6.37. The SMILES string of the molecule is CCC[C@H]1CCN(C(=O)CC)[C@@H]1C(=O)NCC(=O)C(=O)NC1CC1. The van der Waals surface area contributed by atoms with Gasteiger partial charge in [-0.05, 0) is 31.6 Å². The molecule has 1 saturated heterocycles. The van der Waals surface area contributed by atoms with Gasteiger partial charge < -0.3 is 15.5 Å². The van der Waals surface area contributed by atoms with Crippen LogP contribution >= 0.6 is 0 Å². The number of nitrogens with zero attached hydrogens (tertiary/aromatic N) is 1. The summed E-state index contributed by atoms with van der Waals surface area (Å²) in [4.78, 5) is 49.7. The van der Waals surface area contributed by atoms with Gasteiger partial charge in [0.05, 0.1) is 6.54 Å². The van der Waals surface area contributed by atoms with Crippen molar-refractivity contribution in [2.45, 2.75) is 64.5 Å². The molecule has 2 N–H and O–H groups in total. The van der Waals surface area contributed by atoms with Crippen molar-refractivity contribution in [1.29, 1.82) is 0 Å². The van der Waals surface area contributed by atoms with Gasteiger partial charge in [0.25, 0.3) is 5.91 Å². The summed E-state index contributed by atoms with van der Waals surface area (Å²) in [6.07, 6.45) is 4.76. The molecular formula is C17H27N3O4. The van der Waals surface area contributed by atoms with Crippen molar-refractivity contribution in [1.82, 2.24) is 15.5 Å². The van der Waals surface area contributed by atoms with Crippen molar-refractivity contribution >= 4 is 23.5 Å². The standard InChI is InChI=1S/C17H27N3O4/c1-3-5-11-8-9-20(14(22)4-2)15(11)17(24)18-10-13(21)16(23)19-12-6-7-12/h11-12,15H,3-10H2,1-2H3,(H,18,24)(H,19,23)/t11-,15-/m0/s1. The lowest BCUT2D eigenvalue weighted by atomic mass is 9.94. The Kier molecular flexibility index (Phi) is 6.34. The van der Waals surface area contributed by atoms with Crippen LogP contribution in [0, 0.1) is 5.92 Å². The Morgan fingerprint density at radius 2 is 1.79 bits per heavy atom. The first-order valence-electron chi connectivity index (χ1n) is 8.88. The molecule has 7 heteroatoms. The minimum absolute atomic E-state index is 0.0495. The van der Waals surface area contributed by atoms with Crippen LogP contribution in [0.5, 0.6) is 0 Å². The molecule has 0 unspecified atom stereocenters. The molecule has 24 heavy (non-hydrogen) atoms. The van der Waals surface area contributed by atoms with Gasteiger partial charge in [0.2, 0.25) is 17.6 Å².